The van der Waals surface area contributed by atoms with Crippen LogP contribution in [0.25, 0.3) is 0 Å². The lowest BCUT2D eigenvalue weighted by Gasteiger charge is -2.34. The first-order chi connectivity index (χ1) is 11.4. The fourth-order valence-corrected chi connectivity index (χ4v) is 6.07. The summed E-state index contributed by atoms with van der Waals surface area (Å²) in [5.74, 6) is -0.0933. The van der Waals surface area contributed by atoms with Gasteiger partial charge in [-0.2, -0.15) is 4.31 Å². The molecule has 1 amide bonds. The van der Waals surface area contributed by atoms with Crippen molar-refractivity contribution >= 4 is 50.5 Å². The lowest BCUT2D eigenvalue weighted by atomic mass is 10.2. The summed E-state index contributed by atoms with van der Waals surface area (Å²) in [6.45, 7) is 1.13. The van der Waals surface area contributed by atoms with Crippen LogP contribution in [0.5, 0.6) is 0 Å². The largest absolute Gasteiger partial charge is 0.336 e. The molecule has 1 aliphatic heterocycles. The van der Waals surface area contributed by atoms with Gasteiger partial charge in [0, 0.05) is 31.7 Å². The van der Waals surface area contributed by atoms with E-state index in [1.54, 1.807) is 29.2 Å². The SMILES string of the molecule is O=C(c1ccccc1)N1CCN(S(=O)(=O)c2cc(Cl)sc2Cl)CC1. The number of amides is 1. The van der Waals surface area contributed by atoms with Crippen LogP contribution in [-0.2, 0) is 10.0 Å². The van der Waals surface area contributed by atoms with Gasteiger partial charge in [-0.25, -0.2) is 8.42 Å². The van der Waals surface area contributed by atoms with Gasteiger partial charge in [-0.15, -0.1) is 11.3 Å². The maximum atomic E-state index is 12.7. The van der Waals surface area contributed by atoms with Gasteiger partial charge in [-0.1, -0.05) is 41.4 Å². The second kappa shape index (κ2) is 7.01. The molecule has 128 valence electrons. The molecule has 1 aromatic heterocycles. The standard InChI is InChI=1S/C15H14Cl2N2O3S2/c16-13-10-12(14(17)23-13)24(21,22)19-8-6-18(7-9-19)15(20)11-4-2-1-3-5-11/h1-5,10H,6-9H2. The maximum absolute atomic E-state index is 12.7. The molecule has 2 heterocycles. The zero-order chi connectivity index (χ0) is 17.3. The van der Waals surface area contributed by atoms with Gasteiger partial charge in [0.15, 0.2) is 0 Å². The van der Waals surface area contributed by atoms with E-state index < -0.39 is 10.0 Å². The van der Waals surface area contributed by atoms with Crippen LogP contribution in [0, 0.1) is 0 Å². The van der Waals surface area contributed by atoms with Crippen molar-refractivity contribution in [3.8, 4) is 0 Å². The van der Waals surface area contributed by atoms with Gasteiger partial charge in [0.2, 0.25) is 10.0 Å². The van der Waals surface area contributed by atoms with Crippen molar-refractivity contribution < 1.29 is 13.2 Å². The van der Waals surface area contributed by atoms with Crippen molar-refractivity contribution in [2.24, 2.45) is 0 Å². The number of thiophene rings is 1. The van der Waals surface area contributed by atoms with Crippen LogP contribution >= 0.6 is 34.5 Å². The van der Waals surface area contributed by atoms with Crippen molar-refractivity contribution in [3.05, 3.63) is 50.6 Å². The van der Waals surface area contributed by atoms with Gasteiger partial charge in [0.1, 0.15) is 9.23 Å². The van der Waals surface area contributed by atoms with Gasteiger partial charge in [0.25, 0.3) is 5.91 Å². The molecular weight excluding hydrogens is 391 g/mol. The monoisotopic (exact) mass is 404 g/mol. The molecule has 0 saturated carbocycles. The minimum Gasteiger partial charge on any atom is -0.336 e. The third-order valence-corrected chi connectivity index (χ3v) is 7.44. The number of hydrogen-bond donors (Lipinski definition) is 0. The Morgan fingerprint density at radius 1 is 1.04 bits per heavy atom. The Hall–Kier alpha value is -1.12. The van der Waals surface area contributed by atoms with E-state index in [1.807, 2.05) is 6.07 Å². The molecule has 0 radical (unpaired) electrons. The summed E-state index contributed by atoms with van der Waals surface area (Å²) in [5, 5.41) is 0. The Morgan fingerprint density at radius 2 is 1.67 bits per heavy atom. The highest BCUT2D eigenvalue weighted by Crippen LogP contribution is 2.36. The summed E-state index contributed by atoms with van der Waals surface area (Å²) in [4.78, 5) is 14.1. The minimum absolute atomic E-state index is 0.0296. The summed E-state index contributed by atoms with van der Waals surface area (Å²) >= 11 is 12.8. The van der Waals surface area contributed by atoms with Gasteiger partial charge < -0.3 is 4.90 Å². The highest BCUT2D eigenvalue weighted by atomic mass is 35.5. The molecule has 2 aromatic rings. The van der Waals surface area contributed by atoms with Gasteiger partial charge >= 0.3 is 0 Å². The first kappa shape index (κ1) is 17.7. The molecule has 0 spiro atoms. The van der Waals surface area contributed by atoms with Crippen LogP contribution in [0.4, 0.5) is 0 Å². The summed E-state index contributed by atoms with van der Waals surface area (Å²) < 4.78 is 27.1. The molecule has 1 fully saturated rings. The minimum atomic E-state index is -3.70. The Kier molecular flexibility index (Phi) is 5.17. The van der Waals surface area contributed by atoms with Crippen molar-refractivity contribution in [3.63, 3.8) is 0 Å². The second-order valence-corrected chi connectivity index (χ2v) is 9.44. The lowest BCUT2D eigenvalue weighted by Crippen LogP contribution is -2.50. The number of benzene rings is 1. The molecule has 0 atom stereocenters. The molecule has 3 rings (SSSR count). The molecule has 0 aliphatic carbocycles. The normalized spacial score (nSPS) is 16.3. The molecule has 1 saturated heterocycles. The van der Waals surface area contributed by atoms with E-state index in [9.17, 15) is 13.2 Å². The number of piperazine rings is 1. The van der Waals surface area contributed by atoms with Crippen LogP contribution in [0.2, 0.25) is 8.67 Å². The number of rotatable bonds is 3. The fraction of sp³-hybridized carbons (Fsp3) is 0.267. The van der Waals surface area contributed by atoms with Gasteiger partial charge in [0.05, 0.1) is 4.34 Å². The van der Waals surface area contributed by atoms with E-state index >= 15 is 0 Å². The van der Waals surface area contributed by atoms with Crippen LogP contribution in [0.1, 0.15) is 10.4 Å². The topological polar surface area (TPSA) is 57.7 Å². The fourth-order valence-electron chi connectivity index (χ4n) is 2.53. The number of carbonyl (C=O) groups is 1. The van der Waals surface area contributed by atoms with E-state index in [-0.39, 0.29) is 28.2 Å². The number of sulfonamides is 1. The number of nitrogens with zero attached hydrogens (tertiary/aromatic N) is 2. The summed E-state index contributed by atoms with van der Waals surface area (Å²) in [7, 11) is -3.70. The predicted octanol–water partition coefficient (Wildman–Crippen LogP) is 3.20. The Morgan fingerprint density at radius 3 is 2.21 bits per heavy atom. The number of halogens is 2. The molecule has 24 heavy (non-hydrogen) atoms. The molecule has 0 bridgehead atoms. The predicted molar refractivity (Wildman–Crippen MR) is 95.4 cm³/mol. The van der Waals surface area contributed by atoms with Crippen molar-refractivity contribution in [2.45, 2.75) is 4.90 Å². The van der Waals surface area contributed by atoms with Crippen molar-refractivity contribution in [1.29, 1.82) is 0 Å². The molecule has 1 aliphatic rings. The average Bonchev–Trinajstić information content (AvgIpc) is 2.94. The molecule has 9 heteroatoms. The Bertz CT molecular complexity index is 845. The maximum Gasteiger partial charge on any atom is 0.253 e. The average molecular weight is 405 g/mol. The molecule has 5 nitrogen and oxygen atoms in total. The quantitative estimate of drug-likeness (QED) is 0.788. The lowest BCUT2D eigenvalue weighted by molar-refractivity contribution is 0.0698. The molecule has 0 N–H and O–H groups in total. The number of carbonyl (C=O) groups excluding carboxylic acids is 1. The van der Waals surface area contributed by atoms with E-state index in [2.05, 4.69) is 0 Å². The highest BCUT2D eigenvalue weighted by Gasteiger charge is 2.32. The van der Waals surface area contributed by atoms with Crippen molar-refractivity contribution in [2.75, 3.05) is 26.2 Å². The van der Waals surface area contributed by atoms with E-state index in [1.165, 1.54) is 10.4 Å². The third kappa shape index (κ3) is 3.45. The number of hydrogen-bond acceptors (Lipinski definition) is 4. The highest BCUT2D eigenvalue weighted by molar-refractivity contribution is 7.89. The van der Waals surface area contributed by atoms with E-state index in [0.717, 1.165) is 11.3 Å². The Balaban J connectivity index is 1.71. The van der Waals surface area contributed by atoms with Crippen LogP contribution in [0.3, 0.4) is 0 Å². The van der Waals surface area contributed by atoms with Crippen LogP contribution in [-0.4, -0.2) is 49.7 Å². The molecular formula is C15H14Cl2N2O3S2. The van der Waals surface area contributed by atoms with Crippen molar-refractivity contribution in [1.82, 2.24) is 9.21 Å². The van der Waals surface area contributed by atoms with Crippen LogP contribution in [0.15, 0.2) is 41.3 Å². The van der Waals surface area contributed by atoms with Gasteiger partial charge in [-0.05, 0) is 18.2 Å². The molecule has 1 aromatic carbocycles. The summed E-state index contributed by atoms with van der Waals surface area (Å²) in [6, 6.07) is 10.3. The van der Waals surface area contributed by atoms with Crippen LogP contribution < -0.4 is 0 Å². The van der Waals surface area contributed by atoms with E-state index in [4.69, 9.17) is 23.2 Å². The summed E-state index contributed by atoms with van der Waals surface area (Å²) in [5.41, 5.74) is 0.599. The van der Waals surface area contributed by atoms with E-state index in [0.29, 0.717) is 23.0 Å². The first-order valence-electron chi connectivity index (χ1n) is 7.19. The van der Waals surface area contributed by atoms with Gasteiger partial charge in [-0.3, -0.25) is 4.79 Å². The first-order valence-corrected chi connectivity index (χ1v) is 10.2. The second-order valence-electron chi connectivity index (χ2n) is 5.25. The summed E-state index contributed by atoms with van der Waals surface area (Å²) in [6.07, 6.45) is 0. The molecule has 0 unspecified atom stereocenters. The zero-order valence-corrected chi connectivity index (χ0v) is 15.6. The smallest absolute Gasteiger partial charge is 0.253 e. The Labute approximate surface area is 154 Å². The zero-order valence-electron chi connectivity index (χ0n) is 12.5. The third-order valence-electron chi connectivity index (χ3n) is 3.79.